The normalized spacial score (nSPS) is 17.4. The van der Waals surface area contributed by atoms with Crippen LogP contribution >= 0.6 is 0 Å². The second-order valence-corrected chi connectivity index (χ2v) is 14.5. The lowest BCUT2D eigenvalue weighted by Crippen LogP contribution is -2.41. The number of hydrogen-bond donors (Lipinski definition) is 1. The van der Waals surface area contributed by atoms with Crippen LogP contribution < -0.4 is 5.32 Å². The average Bonchev–Trinajstić information content (AvgIpc) is 3.07. The number of carbonyl (C=O) groups excluding carboxylic acids is 2. The molecule has 0 radical (unpaired) electrons. The standard InChI is InChI=1S/C41H52FN3O3/c1-30(45-26-21-34(22-27-45)40(47)43-29-32-10-7-12-35(42)28-32)36-13-9-14-37-33(11-8-15-38(36)37)18-17-31-19-24-44(25-20-31)23-6-5-16-39(46)48-41(2,3)4/h7-15,28,30-31,34H,5-6,16,19-27,29H2,1-4H3,(H,43,47). The van der Waals surface area contributed by atoms with E-state index in [1.165, 1.54) is 28.5 Å². The number of benzene rings is 3. The van der Waals surface area contributed by atoms with E-state index in [9.17, 15) is 14.0 Å². The van der Waals surface area contributed by atoms with Crippen LogP contribution in [0.15, 0.2) is 60.7 Å². The Hall–Kier alpha value is -3.73. The van der Waals surface area contributed by atoms with Crippen molar-refractivity contribution in [1.29, 1.82) is 0 Å². The van der Waals surface area contributed by atoms with Gasteiger partial charge in [-0.2, -0.15) is 0 Å². The molecule has 48 heavy (non-hydrogen) atoms. The minimum Gasteiger partial charge on any atom is -0.460 e. The maximum absolute atomic E-state index is 13.5. The summed E-state index contributed by atoms with van der Waals surface area (Å²) in [5, 5.41) is 5.45. The molecular formula is C41H52FN3O3. The summed E-state index contributed by atoms with van der Waals surface area (Å²) in [6, 6.07) is 19.6. The highest BCUT2D eigenvalue weighted by Gasteiger charge is 2.28. The molecule has 1 unspecified atom stereocenters. The highest BCUT2D eigenvalue weighted by atomic mass is 19.1. The molecular weight excluding hydrogens is 601 g/mol. The van der Waals surface area contributed by atoms with E-state index in [1.807, 2.05) is 26.8 Å². The minimum absolute atomic E-state index is 0.0209. The number of piperidine rings is 2. The number of hydrogen-bond acceptors (Lipinski definition) is 5. The Morgan fingerprint density at radius 3 is 2.38 bits per heavy atom. The van der Waals surface area contributed by atoms with Gasteiger partial charge in [-0.15, -0.1) is 0 Å². The molecule has 2 saturated heterocycles. The second-order valence-electron chi connectivity index (χ2n) is 14.5. The van der Waals surface area contributed by atoms with Gasteiger partial charge in [-0.05, 0) is 139 Å². The van der Waals surface area contributed by atoms with Gasteiger partial charge in [-0.3, -0.25) is 14.5 Å². The fourth-order valence-corrected chi connectivity index (χ4v) is 7.01. The molecule has 7 heteroatoms. The molecule has 2 fully saturated rings. The van der Waals surface area contributed by atoms with Crippen molar-refractivity contribution in [2.24, 2.45) is 11.8 Å². The van der Waals surface area contributed by atoms with Gasteiger partial charge in [0, 0.05) is 36.4 Å². The summed E-state index contributed by atoms with van der Waals surface area (Å²) >= 11 is 0. The average molecular weight is 654 g/mol. The van der Waals surface area contributed by atoms with Crippen LogP contribution in [-0.4, -0.2) is 60.0 Å². The summed E-state index contributed by atoms with van der Waals surface area (Å²) in [6.07, 6.45) is 6.14. The Labute approximate surface area is 286 Å². The lowest BCUT2D eigenvalue weighted by atomic mass is 9.91. The molecule has 256 valence electrons. The first kappa shape index (κ1) is 35.6. The molecule has 2 heterocycles. The van der Waals surface area contributed by atoms with Crippen LogP contribution in [0.5, 0.6) is 0 Å². The number of carbonyl (C=O) groups is 2. The van der Waals surface area contributed by atoms with E-state index in [-0.39, 0.29) is 29.7 Å². The number of fused-ring (bicyclic) bond motifs is 1. The number of nitrogens with zero attached hydrogens (tertiary/aromatic N) is 2. The molecule has 3 aromatic rings. The van der Waals surface area contributed by atoms with Gasteiger partial charge < -0.3 is 15.0 Å². The summed E-state index contributed by atoms with van der Waals surface area (Å²) < 4.78 is 18.9. The molecule has 1 atom stereocenters. The number of likely N-dealkylation sites (tertiary alicyclic amines) is 2. The van der Waals surface area contributed by atoms with Gasteiger partial charge in [0.15, 0.2) is 0 Å². The van der Waals surface area contributed by atoms with Crippen LogP contribution in [0.25, 0.3) is 10.8 Å². The van der Waals surface area contributed by atoms with Crippen molar-refractivity contribution in [3.05, 3.63) is 83.2 Å². The van der Waals surface area contributed by atoms with Crippen molar-refractivity contribution in [3.8, 4) is 11.8 Å². The smallest absolute Gasteiger partial charge is 0.306 e. The molecule has 0 saturated carbocycles. The Morgan fingerprint density at radius 2 is 1.65 bits per heavy atom. The summed E-state index contributed by atoms with van der Waals surface area (Å²) in [5.74, 6) is 7.19. The molecule has 0 aliphatic carbocycles. The largest absolute Gasteiger partial charge is 0.460 e. The molecule has 0 aromatic heterocycles. The zero-order chi connectivity index (χ0) is 34.1. The third-order valence-corrected chi connectivity index (χ3v) is 9.73. The van der Waals surface area contributed by atoms with Crippen molar-refractivity contribution in [2.75, 3.05) is 32.7 Å². The highest BCUT2D eigenvalue weighted by Crippen LogP contribution is 2.32. The minimum atomic E-state index is -0.415. The Morgan fingerprint density at radius 1 is 0.938 bits per heavy atom. The first-order chi connectivity index (χ1) is 23.1. The molecule has 2 aliphatic rings. The number of halogens is 1. The Kier molecular flexibility index (Phi) is 12.3. The van der Waals surface area contributed by atoms with Crippen molar-refractivity contribution >= 4 is 22.6 Å². The summed E-state index contributed by atoms with van der Waals surface area (Å²) in [7, 11) is 0. The molecule has 1 amide bonds. The number of amides is 1. The van der Waals surface area contributed by atoms with Crippen LogP contribution in [0.3, 0.4) is 0 Å². The predicted molar refractivity (Wildman–Crippen MR) is 191 cm³/mol. The Bertz CT molecular complexity index is 1600. The topological polar surface area (TPSA) is 61.9 Å². The van der Waals surface area contributed by atoms with Gasteiger partial charge in [0.2, 0.25) is 5.91 Å². The monoisotopic (exact) mass is 653 g/mol. The Balaban J connectivity index is 1.11. The fourth-order valence-electron chi connectivity index (χ4n) is 7.01. The van der Waals surface area contributed by atoms with Gasteiger partial charge in [0.25, 0.3) is 0 Å². The van der Waals surface area contributed by atoms with Crippen LogP contribution in [0.2, 0.25) is 0 Å². The van der Waals surface area contributed by atoms with Gasteiger partial charge in [-0.25, -0.2) is 4.39 Å². The number of esters is 1. The van der Waals surface area contributed by atoms with E-state index in [0.29, 0.717) is 18.9 Å². The van der Waals surface area contributed by atoms with Crippen LogP contribution in [0, 0.1) is 29.5 Å². The molecule has 0 bridgehead atoms. The maximum Gasteiger partial charge on any atom is 0.306 e. The fraction of sp³-hybridized carbons (Fsp3) is 0.512. The van der Waals surface area contributed by atoms with E-state index in [4.69, 9.17) is 4.74 Å². The second kappa shape index (κ2) is 16.6. The number of ether oxygens (including phenoxy) is 1. The molecule has 3 aromatic carbocycles. The van der Waals surface area contributed by atoms with Gasteiger partial charge in [0.1, 0.15) is 11.4 Å². The summed E-state index contributed by atoms with van der Waals surface area (Å²) in [6.45, 7) is 13.2. The first-order valence-corrected chi connectivity index (χ1v) is 17.8. The van der Waals surface area contributed by atoms with E-state index in [2.05, 4.69) is 70.3 Å². The van der Waals surface area contributed by atoms with Gasteiger partial charge in [0.05, 0.1) is 0 Å². The highest BCUT2D eigenvalue weighted by molar-refractivity contribution is 5.91. The van der Waals surface area contributed by atoms with Crippen molar-refractivity contribution < 1.29 is 18.7 Å². The lowest BCUT2D eigenvalue weighted by molar-refractivity contribution is -0.154. The SMILES string of the molecule is CC(c1cccc2c(C#CC3CCN(CCCCC(=O)OC(C)(C)C)CC3)cccc12)N1CCC(C(=O)NCc2cccc(F)c2)CC1. The molecule has 5 rings (SSSR count). The van der Waals surface area contributed by atoms with E-state index in [1.54, 1.807) is 6.07 Å². The lowest BCUT2D eigenvalue weighted by Gasteiger charge is -2.36. The van der Waals surface area contributed by atoms with Crippen LogP contribution in [0.1, 0.15) is 95.4 Å². The van der Waals surface area contributed by atoms with Crippen molar-refractivity contribution in [3.63, 3.8) is 0 Å². The van der Waals surface area contributed by atoms with Gasteiger partial charge >= 0.3 is 5.97 Å². The zero-order valence-corrected chi connectivity index (χ0v) is 29.2. The number of nitrogens with one attached hydrogen (secondary N) is 1. The predicted octanol–water partition coefficient (Wildman–Crippen LogP) is 7.64. The third-order valence-electron chi connectivity index (χ3n) is 9.73. The first-order valence-electron chi connectivity index (χ1n) is 17.8. The summed E-state index contributed by atoms with van der Waals surface area (Å²) in [4.78, 5) is 29.8. The summed E-state index contributed by atoms with van der Waals surface area (Å²) in [5.41, 5.74) is 2.74. The quantitative estimate of drug-likeness (QED) is 0.138. The number of unbranched alkanes of at least 4 members (excludes halogenated alkanes) is 1. The van der Waals surface area contributed by atoms with Crippen molar-refractivity contribution in [1.82, 2.24) is 15.1 Å². The number of rotatable bonds is 10. The third kappa shape index (κ3) is 10.1. The molecule has 1 N–H and O–H groups in total. The zero-order valence-electron chi connectivity index (χ0n) is 29.2. The van der Waals surface area contributed by atoms with Crippen LogP contribution in [0.4, 0.5) is 4.39 Å². The van der Waals surface area contributed by atoms with E-state index in [0.717, 1.165) is 82.4 Å². The van der Waals surface area contributed by atoms with E-state index < -0.39 is 5.60 Å². The van der Waals surface area contributed by atoms with E-state index >= 15 is 0 Å². The molecule has 0 spiro atoms. The maximum atomic E-state index is 13.5. The van der Waals surface area contributed by atoms with Crippen molar-refractivity contribution in [2.45, 2.75) is 90.8 Å². The van der Waals surface area contributed by atoms with Gasteiger partial charge in [-0.1, -0.05) is 54.3 Å². The molecule has 6 nitrogen and oxygen atoms in total. The van der Waals surface area contributed by atoms with Crippen LogP contribution in [-0.2, 0) is 20.9 Å². The molecule has 2 aliphatic heterocycles.